The van der Waals surface area contributed by atoms with E-state index in [0.717, 1.165) is 0 Å². The number of anilines is 1. The maximum atomic E-state index is 11.0. The van der Waals surface area contributed by atoms with Gasteiger partial charge in [0.15, 0.2) is 0 Å². The summed E-state index contributed by atoms with van der Waals surface area (Å²) in [7, 11) is 2.65. The molecule has 0 unspecified atom stereocenters. The molecule has 2 N–H and O–H groups in total. The number of hydrogen-bond donors (Lipinski definition) is 1. The van der Waals surface area contributed by atoms with Crippen LogP contribution in [-0.4, -0.2) is 15.5 Å². The van der Waals surface area contributed by atoms with Crippen molar-refractivity contribution < 1.29 is 13.2 Å². The van der Waals surface area contributed by atoms with Gasteiger partial charge in [0, 0.05) is 10.7 Å². The Morgan fingerprint density at radius 1 is 1.46 bits per heavy atom. The van der Waals surface area contributed by atoms with Gasteiger partial charge in [0.2, 0.25) is 0 Å². The van der Waals surface area contributed by atoms with Crippen molar-refractivity contribution in [2.75, 3.05) is 12.8 Å². The summed E-state index contributed by atoms with van der Waals surface area (Å²) in [6.07, 6.45) is 0. The van der Waals surface area contributed by atoms with E-state index in [1.54, 1.807) is 6.07 Å². The molecule has 13 heavy (non-hydrogen) atoms. The van der Waals surface area contributed by atoms with E-state index in [9.17, 15) is 8.42 Å². The molecule has 0 heterocycles. The van der Waals surface area contributed by atoms with E-state index in [2.05, 4.69) is 0 Å². The number of methoxy groups -OCH3 is 1. The van der Waals surface area contributed by atoms with E-state index in [1.165, 1.54) is 19.2 Å². The zero-order chi connectivity index (χ0) is 10.1. The molecular weight excluding hydrogens is 214 g/mol. The number of ether oxygens (including phenoxy) is 1. The molecule has 0 aliphatic rings. The van der Waals surface area contributed by atoms with Crippen LogP contribution in [0.25, 0.3) is 0 Å². The Kier molecular flexibility index (Phi) is 2.68. The maximum Gasteiger partial charge on any atom is 0.267 e. The monoisotopic (exact) mass is 221 g/mol. The van der Waals surface area contributed by atoms with Crippen LogP contribution in [0.1, 0.15) is 0 Å². The van der Waals surface area contributed by atoms with Crippen molar-refractivity contribution in [3.63, 3.8) is 0 Å². The minimum Gasteiger partial charge on any atom is -0.495 e. The quantitative estimate of drug-likeness (QED) is 0.602. The summed E-state index contributed by atoms with van der Waals surface area (Å²) in [6, 6.07) is 4.50. The Balaban J connectivity index is 3.50. The van der Waals surface area contributed by atoms with Gasteiger partial charge in [-0.25, -0.2) is 8.42 Å². The van der Waals surface area contributed by atoms with Crippen molar-refractivity contribution in [1.29, 1.82) is 0 Å². The summed E-state index contributed by atoms with van der Waals surface area (Å²) in [5.41, 5.74) is 5.52. The lowest BCUT2D eigenvalue weighted by molar-refractivity contribution is 0.404. The molecule has 6 heteroatoms. The Bertz CT molecular complexity index is 416. The maximum absolute atomic E-state index is 11.0. The summed E-state index contributed by atoms with van der Waals surface area (Å²) in [6.45, 7) is 0. The van der Waals surface area contributed by atoms with E-state index in [-0.39, 0.29) is 16.3 Å². The number of nitrogens with two attached hydrogens (primary N) is 1. The molecule has 0 spiro atoms. The van der Waals surface area contributed by atoms with Crippen LogP contribution < -0.4 is 10.5 Å². The molecule has 0 aromatic heterocycles. The van der Waals surface area contributed by atoms with Gasteiger partial charge in [0.1, 0.15) is 10.6 Å². The number of hydrogen-bond acceptors (Lipinski definition) is 4. The SMILES string of the molecule is COc1cccc(N)c1S(=O)(=O)Cl. The molecule has 0 aliphatic heterocycles. The molecule has 1 rings (SSSR count). The molecule has 1 aromatic carbocycles. The van der Waals surface area contributed by atoms with Crippen molar-refractivity contribution in [2.24, 2.45) is 0 Å². The fourth-order valence-corrected chi connectivity index (χ4v) is 2.19. The first-order chi connectivity index (χ1) is 5.96. The van der Waals surface area contributed by atoms with Crippen LogP contribution in [0.4, 0.5) is 5.69 Å². The highest BCUT2D eigenvalue weighted by Gasteiger charge is 2.19. The lowest BCUT2D eigenvalue weighted by atomic mass is 10.3. The van der Waals surface area contributed by atoms with E-state index in [4.69, 9.17) is 21.2 Å². The molecule has 4 nitrogen and oxygen atoms in total. The summed E-state index contributed by atoms with van der Waals surface area (Å²) in [4.78, 5) is -0.181. The molecule has 0 saturated carbocycles. The van der Waals surface area contributed by atoms with Gasteiger partial charge >= 0.3 is 0 Å². The minimum atomic E-state index is -3.85. The lowest BCUT2D eigenvalue weighted by Gasteiger charge is -2.07. The first kappa shape index (κ1) is 10.1. The van der Waals surface area contributed by atoms with Crippen molar-refractivity contribution in [2.45, 2.75) is 4.90 Å². The van der Waals surface area contributed by atoms with Crippen LogP contribution >= 0.6 is 10.7 Å². The van der Waals surface area contributed by atoms with Gasteiger partial charge in [-0.1, -0.05) is 6.07 Å². The molecule has 72 valence electrons. The Hall–Kier alpha value is -0.940. The Morgan fingerprint density at radius 3 is 2.46 bits per heavy atom. The second-order valence-corrected chi connectivity index (χ2v) is 4.82. The van der Waals surface area contributed by atoms with E-state index in [1.807, 2.05) is 0 Å². The normalized spacial score (nSPS) is 11.2. The van der Waals surface area contributed by atoms with E-state index >= 15 is 0 Å². The van der Waals surface area contributed by atoms with Gasteiger partial charge in [-0.05, 0) is 12.1 Å². The molecule has 0 aliphatic carbocycles. The number of rotatable bonds is 2. The topological polar surface area (TPSA) is 69.4 Å². The highest BCUT2D eigenvalue weighted by molar-refractivity contribution is 8.14. The lowest BCUT2D eigenvalue weighted by Crippen LogP contribution is -2.01. The predicted molar refractivity (Wildman–Crippen MR) is 50.4 cm³/mol. The van der Waals surface area contributed by atoms with Crippen molar-refractivity contribution in [3.8, 4) is 5.75 Å². The molecule has 0 amide bonds. The van der Waals surface area contributed by atoms with Gasteiger partial charge < -0.3 is 10.5 Å². The van der Waals surface area contributed by atoms with Gasteiger partial charge in [-0.3, -0.25) is 0 Å². The number of halogens is 1. The zero-order valence-corrected chi connectivity index (χ0v) is 8.39. The average Bonchev–Trinajstić information content (AvgIpc) is 2.01. The standard InChI is InChI=1S/C7H8ClNO3S/c1-12-6-4-2-3-5(9)7(6)13(8,10)11/h2-4H,9H2,1H3. The van der Waals surface area contributed by atoms with E-state index < -0.39 is 9.05 Å². The molecule has 0 bridgehead atoms. The number of benzene rings is 1. The van der Waals surface area contributed by atoms with E-state index in [0.29, 0.717) is 0 Å². The largest absolute Gasteiger partial charge is 0.495 e. The first-order valence-electron chi connectivity index (χ1n) is 3.34. The van der Waals surface area contributed by atoms with Gasteiger partial charge in [-0.2, -0.15) is 0 Å². The third-order valence-electron chi connectivity index (χ3n) is 1.47. The highest BCUT2D eigenvalue weighted by atomic mass is 35.7. The molecule has 0 radical (unpaired) electrons. The third kappa shape index (κ3) is 2.05. The second-order valence-electron chi connectivity index (χ2n) is 2.32. The fourth-order valence-electron chi connectivity index (χ4n) is 0.954. The summed E-state index contributed by atoms with van der Waals surface area (Å²) < 4.78 is 26.9. The fraction of sp³-hybridized carbons (Fsp3) is 0.143. The Morgan fingerprint density at radius 2 is 2.08 bits per heavy atom. The van der Waals surface area contributed by atoms with Crippen LogP contribution in [0.5, 0.6) is 5.75 Å². The molecule has 1 aromatic rings. The zero-order valence-electron chi connectivity index (χ0n) is 6.82. The first-order valence-corrected chi connectivity index (χ1v) is 5.65. The van der Waals surface area contributed by atoms with Crippen LogP contribution in [0.2, 0.25) is 0 Å². The van der Waals surface area contributed by atoms with Crippen molar-refractivity contribution >= 4 is 25.4 Å². The average molecular weight is 222 g/mol. The van der Waals surface area contributed by atoms with Gasteiger partial charge in [0.05, 0.1) is 12.8 Å². The molecular formula is C7H8ClNO3S. The minimum absolute atomic E-state index is 0.0781. The molecule has 0 saturated heterocycles. The van der Waals surface area contributed by atoms with Crippen LogP contribution in [0.15, 0.2) is 23.1 Å². The predicted octanol–water partition coefficient (Wildman–Crippen LogP) is 1.20. The summed E-state index contributed by atoms with van der Waals surface area (Å²) >= 11 is 0. The second kappa shape index (κ2) is 3.43. The van der Waals surface area contributed by atoms with Crippen LogP contribution in [0, 0.1) is 0 Å². The number of nitrogen functional groups attached to an aromatic ring is 1. The van der Waals surface area contributed by atoms with Crippen LogP contribution in [0.3, 0.4) is 0 Å². The van der Waals surface area contributed by atoms with Gasteiger partial charge in [-0.15, -0.1) is 0 Å². The summed E-state index contributed by atoms with van der Waals surface area (Å²) in [5.74, 6) is 0.148. The highest BCUT2D eigenvalue weighted by Crippen LogP contribution is 2.31. The molecule has 0 atom stereocenters. The van der Waals surface area contributed by atoms with Gasteiger partial charge in [0.25, 0.3) is 9.05 Å². The van der Waals surface area contributed by atoms with Crippen molar-refractivity contribution in [3.05, 3.63) is 18.2 Å². The Labute approximate surface area is 80.7 Å². The summed E-state index contributed by atoms with van der Waals surface area (Å²) in [5, 5.41) is 0. The molecule has 0 fully saturated rings. The van der Waals surface area contributed by atoms with Crippen molar-refractivity contribution in [1.82, 2.24) is 0 Å². The van der Waals surface area contributed by atoms with Crippen LogP contribution in [-0.2, 0) is 9.05 Å². The third-order valence-corrected chi connectivity index (χ3v) is 2.86. The smallest absolute Gasteiger partial charge is 0.267 e.